The molecule has 0 aliphatic carbocycles. The summed E-state index contributed by atoms with van der Waals surface area (Å²) in [5, 5.41) is 12.4. The zero-order valence-electron chi connectivity index (χ0n) is 16.4. The molecule has 1 fully saturated rings. The number of phenolic OH excluding ortho intramolecular Hbond substituents is 1. The molecule has 31 heavy (non-hydrogen) atoms. The number of hydrogen-bond donors (Lipinski definition) is 1. The zero-order valence-corrected chi connectivity index (χ0v) is 20.4. The van der Waals surface area contributed by atoms with Gasteiger partial charge < -0.3 is 9.84 Å². The molecule has 0 atom stereocenters. The Morgan fingerprint density at radius 1 is 1.10 bits per heavy atom. The standard InChI is InChI=1S/C23H17Br2NO4S/c1-2-30-18-11-17(24)20(25)16(21(18)27)10-19-22(28)26(23(29)31-19)12-13-7-8-14-5-3-4-6-15(14)9-13/h3-11,27H,2,12H2,1H3/b19-10-. The summed E-state index contributed by atoms with van der Waals surface area (Å²) in [7, 11) is 0. The van der Waals surface area contributed by atoms with Crippen molar-refractivity contribution in [2.75, 3.05) is 6.61 Å². The normalized spacial score (nSPS) is 15.3. The van der Waals surface area contributed by atoms with Crippen molar-refractivity contribution in [1.82, 2.24) is 4.90 Å². The number of halogens is 2. The maximum absolute atomic E-state index is 13.0. The molecule has 1 aliphatic rings. The van der Waals surface area contributed by atoms with Crippen LogP contribution in [0.15, 0.2) is 62.4 Å². The Labute approximate surface area is 200 Å². The topological polar surface area (TPSA) is 66.8 Å². The summed E-state index contributed by atoms with van der Waals surface area (Å²) in [6.07, 6.45) is 1.51. The van der Waals surface area contributed by atoms with Crippen molar-refractivity contribution in [3.8, 4) is 11.5 Å². The number of amides is 2. The smallest absolute Gasteiger partial charge is 0.293 e. The first-order valence-corrected chi connectivity index (χ1v) is 11.9. The van der Waals surface area contributed by atoms with E-state index in [-0.39, 0.29) is 22.4 Å². The molecule has 4 rings (SSSR count). The van der Waals surface area contributed by atoms with E-state index in [1.807, 2.05) is 49.4 Å². The van der Waals surface area contributed by atoms with Crippen LogP contribution in [0, 0.1) is 0 Å². The van der Waals surface area contributed by atoms with Crippen LogP contribution in [0.4, 0.5) is 4.79 Å². The SMILES string of the molecule is CCOc1cc(Br)c(Br)c(/C=C2\SC(=O)N(Cc3ccc4ccccc4c3)C2=O)c1O. The molecular formula is C23H17Br2NO4S. The lowest BCUT2D eigenvalue weighted by molar-refractivity contribution is -0.123. The molecule has 5 nitrogen and oxygen atoms in total. The summed E-state index contributed by atoms with van der Waals surface area (Å²) < 4.78 is 6.69. The highest BCUT2D eigenvalue weighted by Crippen LogP contribution is 2.44. The van der Waals surface area contributed by atoms with Crippen LogP contribution in [0.3, 0.4) is 0 Å². The molecule has 1 N–H and O–H groups in total. The lowest BCUT2D eigenvalue weighted by atomic mass is 10.1. The number of carbonyl (C=O) groups excluding carboxylic acids is 2. The van der Waals surface area contributed by atoms with Gasteiger partial charge in [0.1, 0.15) is 0 Å². The van der Waals surface area contributed by atoms with E-state index in [2.05, 4.69) is 31.9 Å². The van der Waals surface area contributed by atoms with Gasteiger partial charge in [-0.25, -0.2) is 0 Å². The second kappa shape index (κ2) is 9.06. The number of fused-ring (bicyclic) bond motifs is 1. The molecule has 1 saturated heterocycles. The molecular weight excluding hydrogens is 546 g/mol. The first kappa shape index (κ1) is 21.9. The van der Waals surface area contributed by atoms with Gasteiger partial charge in [-0.15, -0.1) is 0 Å². The second-order valence-electron chi connectivity index (χ2n) is 6.82. The zero-order chi connectivity index (χ0) is 22.1. The van der Waals surface area contributed by atoms with Gasteiger partial charge in [0, 0.05) is 14.5 Å². The maximum Gasteiger partial charge on any atom is 0.293 e. The largest absolute Gasteiger partial charge is 0.504 e. The quantitative estimate of drug-likeness (QED) is 0.350. The Morgan fingerprint density at radius 3 is 2.58 bits per heavy atom. The number of carbonyl (C=O) groups is 2. The Balaban J connectivity index is 1.64. The van der Waals surface area contributed by atoms with Crippen LogP contribution in [-0.2, 0) is 11.3 Å². The van der Waals surface area contributed by atoms with E-state index in [0.717, 1.165) is 28.1 Å². The third kappa shape index (κ3) is 4.37. The summed E-state index contributed by atoms with van der Waals surface area (Å²) in [6, 6.07) is 15.4. The van der Waals surface area contributed by atoms with E-state index < -0.39 is 5.91 Å². The van der Waals surface area contributed by atoms with Crippen molar-refractivity contribution >= 4 is 71.6 Å². The molecule has 2 amide bonds. The van der Waals surface area contributed by atoms with Crippen LogP contribution in [0.1, 0.15) is 18.1 Å². The molecule has 0 bridgehead atoms. The minimum atomic E-state index is -0.396. The van der Waals surface area contributed by atoms with Crippen LogP contribution in [0.5, 0.6) is 11.5 Å². The average Bonchev–Trinajstić information content (AvgIpc) is 3.02. The highest BCUT2D eigenvalue weighted by molar-refractivity contribution is 9.13. The molecule has 0 radical (unpaired) electrons. The van der Waals surface area contributed by atoms with Gasteiger partial charge in [0.05, 0.1) is 18.1 Å². The monoisotopic (exact) mass is 561 g/mol. The van der Waals surface area contributed by atoms with Gasteiger partial charge in [-0.2, -0.15) is 0 Å². The predicted octanol–water partition coefficient (Wildman–Crippen LogP) is 6.71. The number of imide groups is 1. The average molecular weight is 563 g/mol. The van der Waals surface area contributed by atoms with Crippen molar-refractivity contribution in [3.05, 3.63) is 73.5 Å². The van der Waals surface area contributed by atoms with Crippen molar-refractivity contribution < 1.29 is 19.4 Å². The summed E-state index contributed by atoms with van der Waals surface area (Å²) in [4.78, 5) is 27.0. The molecule has 0 spiro atoms. The summed E-state index contributed by atoms with van der Waals surface area (Å²) in [5.41, 5.74) is 1.24. The summed E-state index contributed by atoms with van der Waals surface area (Å²) in [5.74, 6) is -0.204. The minimum Gasteiger partial charge on any atom is -0.504 e. The fraction of sp³-hybridized carbons (Fsp3) is 0.130. The summed E-state index contributed by atoms with van der Waals surface area (Å²) >= 11 is 7.69. The van der Waals surface area contributed by atoms with E-state index in [1.165, 1.54) is 11.0 Å². The van der Waals surface area contributed by atoms with E-state index >= 15 is 0 Å². The number of phenols is 1. The van der Waals surface area contributed by atoms with Crippen molar-refractivity contribution in [2.24, 2.45) is 0 Å². The van der Waals surface area contributed by atoms with Gasteiger partial charge in [0.2, 0.25) is 0 Å². The molecule has 0 saturated carbocycles. The van der Waals surface area contributed by atoms with E-state index in [0.29, 0.717) is 26.9 Å². The lowest BCUT2D eigenvalue weighted by Crippen LogP contribution is -2.27. The molecule has 8 heteroatoms. The van der Waals surface area contributed by atoms with Crippen LogP contribution < -0.4 is 4.74 Å². The van der Waals surface area contributed by atoms with Crippen LogP contribution in [-0.4, -0.2) is 27.8 Å². The fourth-order valence-electron chi connectivity index (χ4n) is 3.30. The summed E-state index contributed by atoms with van der Waals surface area (Å²) in [6.45, 7) is 2.37. The Bertz CT molecular complexity index is 1240. The van der Waals surface area contributed by atoms with Crippen LogP contribution >= 0.6 is 43.6 Å². The third-order valence-corrected chi connectivity index (χ3v) is 7.72. The molecule has 0 unspecified atom stereocenters. The van der Waals surface area contributed by atoms with Gasteiger partial charge in [-0.3, -0.25) is 14.5 Å². The fourth-order valence-corrected chi connectivity index (χ4v) is 4.95. The Hall–Kier alpha value is -2.29. The van der Waals surface area contributed by atoms with Crippen molar-refractivity contribution in [2.45, 2.75) is 13.5 Å². The van der Waals surface area contributed by atoms with Crippen LogP contribution in [0.2, 0.25) is 0 Å². The highest BCUT2D eigenvalue weighted by Gasteiger charge is 2.35. The number of rotatable bonds is 5. The predicted molar refractivity (Wildman–Crippen MR) is 130 cm³/mol. The van der Waals surface area contributed by atoms with E-state index in [1.54, 1.807) is 6.07 Å². The van der Waals surface area contributed by atoms with Gasteiger partial charge >= 0.3 is 0 Å². The van der Waals surface area contributed by atoms with Gasteiger partial charge in [0.15, 0.2) is 11.5 Å². The molecule has 3 aromatic rings. The van der Waals surface area contributed by atoms with Gasteiger partial charge in [-0.05, 0) is 85.1 Å². The van der Waals surface area contributed by atoms with Gasteiger partial charge in [0.25, 0.3) is 11.1 Å². The van der Waals surface area contributed by atoms with Crippen molar-refractivity contribution in [1.29, 1.82) is 0 Å². The lowest BCUT2D eigenvalue weighted by Gasteiger charge is -2.13. The minimum absolute atomic E-state index is 0.0988. The molecule has 3 aromatic carbocycles. The van der Waals surface area contributed by atoms with E-state index in [4.69, 9.17) is 4.74 Å². The number of thioether (sulfide) groups is 1. The molecule has 1 aliphatic heterocycles. The number of nitrogens with zero attached hydrogens (tertiary/aromatic N) is 1. The van der Waals surface area contributed by atoms with E-state index in [9.17, 15) is 14.7 Å². The number of hydrogen-bond acceptors (Lipinski definition) is 5. The first-order valence-electron chi connectivity index (χ1n) is 9.46. The maximum atomic E-state index is 13.0. The Kier molecular flexibility index (Phi) is 6.41. The number of aromatic hydroxyl groups is 1. The van der Waals surface area contributed by atoms with Gasteiger partial charge in [-0.1, -0.05) is 36.4 Å². The third-order valence-electron chi connectivity index (χ3n) is 4.80. The Morgan fingerprint density at radius 2 is 1.84 bits per heavy atom. The number of ether oxygens (including phenoxy) is 1. The number of benzene rings is 3. The molecule has 0 aromatic heterocycles. The molecule has 1 heterocycles. The second-order valence-corrected chi connectivity index (χ2v) is 9.46. The van der Waals surface area contributed by atoms with Crippen LogP contribution in [0.25, 0.3) is 16.8 Å². The molecule has 158 valence electrons. The highest BCUT2D eigenvalue weighted by atomic mass is 79.9. The first-order chi connectivity index (χ1) is 14.9. The van der Waals surface area contributed by atoms with Crippen molar-refractivity contribution in [3.63, 3.8) is 0 Å².